The van der Waals surface area contributed by atoms with Crippen molar-refractivity contribution in [1.82, 2.24) is 9.78 Å². The van der Waals surface area contributed by atoms with Crippen LogP contribution in [0.4, 0.5) is 0 Å². The molecule has 1 rings (SSSR count). The predicted molar refractivity (Wildman–Crippen MR) is 54.5 cm³/mol. The van der Waals surface area contributed by atoms with Gasteiger partial charge in [0.15, 0.2) is 0 Å². The molecule has 3 heteroatoms. The minimum Gasteiger partial charge on any atom is -0.330 e. The van der Waals surface area contributed by atoms with Crippen LogP contribution in [0.1, 0.15) is 31.7 Å². The summed E-state index contributed by atoms with van der Waals surface area (Å²) in [6.45, 7) is 4.00. The zero-order chi connectivity index (χ0) is 9.52. The number of hydrogen-bond acceptors (Lipinski definition) is 2. The molecule has 0 bridgehead atoms. The molecule has 0 spiro atoms. The van der Waals surface area contributed by atoms with Crippen molar-refractivity contribution in [3.05, 3.63) is 18.0 Å². The van der Waals surface area contributed by atoms with E-state index in [0.717, 1.165) is 25.9 Å². The lowest BCUT2D eigenvalue weighted by molar-refractivity contribution is 0.571. The number of rotatable bonds is 6. The molecule has 0 aliphatic carbocycles. The Balaban J connectivity index is 2.34. The van der Waals surface area contributed by atoms with Crippen LogP contribution in [0.3, 0.4) is 0 Å². The maximum Gasteiger partial charge on any atom is 0.0521 e. The van der Waals surface area contributed by atoms with Crippen LogP contribution in [0, 0.1) is 0 Å². The maximum absolute atomic E-state index is 5.44. The average molecular weight is 181 g/mol. The van der Waals surface area contributed by atoms with Crippen LogP contribution in [0.5, 0.6) is 0 Å². The summed E-state index contributed by atoms with van der Waals surface area (Å²) in [4.78, 5) is 0. The van der Waals surface area contributed by atoms with Gasteiger partial charge in [-0.15, -0.1) is 0 Å². The highest BCUT2D eigenvalue weighted by Crippen LogP contribution is 2.02. The van der Waals surface area contributed by atoms with E-state index in [1.807, 2.05) is 10.9 Å². The SMILES string of the molecule is CCCCn1cc(CCCN)cn1. The molecule has 1 aromatic rings. The Morgan fingerprint density at radius 2 is 2.31 bits per heavy atom. The van der Waals surface area contributed by atoms with Crippen LogP contribution >= 0.6 is 0 Å². The summed E-state index contributed by atoms with van der Waals surface area (Å²) in [5.74, 6) is 0. The molecule has 0 unspecified atom stereocenters. The Hall–Kier alpha value is -0.830. The number of unbranched alkanes of at least 4 members (excludes halogenated alkanes) is 1. The van der Waals surface area contributed by atoms with E-state index in [9.17, 15) is 0 Å². The number of nitrogens with zero attached hydrogens (tertiary/aromatic N) is 2. The standard InChI is InChI=1S/C10H19N3/c1-2-3-7-13-9-10(8-12-13)5-4-6-11/h8-9H,2-7,11H2,1H3. The first-order valence-electron chi connectivity index (χ1n) is 5.08. The quantitative estimate of drug-likeness (QED) is 0.724. The molecule has 0 radical (unpaired) electrons. The van der Waals surface area contributed by atoms with Crippen LogP contribution in [-0.2, 0) is 13.0 Å². The van der Waals surface area contributed by atoms with Gasteiger partial charge in [0.1, 0.15) is 0 Å². The average Bonchev–Trinajstić information content (AvgIpc) is 2.59. The van der Waals surface area contributed by atoms with Crippen molar-refractivity contribution in [3.63, 3.8) is 0 Å². The first-order valence-corrected chi connectivity index (χ1v) is 5.08. The van der Waals surface area contributed by atoms with Gasteiger partial charge in [-0.25, -0.2) is 0 Å². The third kappa shape index (κ3) is 3.59. The Morgan fingerprint density at radius 1 is 1.46 bits per heavy atom. The highest BCUT2D eigenvalue weighted by Gasteiger charge is 1.96. The fourth-order valence-corrected chi connectivity index (χ4v) is 1.28. The number of aryl methyl sites for hydroxylation is 2. The second-order valence-electron chi connectivity index (χ2n) is 3.36. The van der Waals surface area contributed by atoms with Crippen molar-refractivity contribution in [2.24, 2.45) is 5.73 Å². The molecule has 0 aliphatic rings. The Labute approximate surface area is 79.9 Å². The van der Waals surface area contributed by atoms with Gasteiger partial charge in [-0.1, -0.05) is 13.3 Å². The Kier molecular flexibility index (Phi) is 4.54. The summed E-state index contributed by atoms with van der Waals surface area (Å²) in [5.41, 5.74) is 6.74. The smallest absolute Gasteiger partial charge is 0.0521 e. The summed E-state index contributed by atoms with van der Waals surface area (Å²) in [6, 6.07) is 0. The lowest BCUT2D eigenvalue weighted by Gasteiger charge is -1.97. The van der Waals surface area contributed by atoms with Crippen LogP contribution in [-0.4, -0.2) is 16.3 Å². The van der Waals surface area contributed by atoms with E-state index in [1.54, 1.807) is 0 Å². The topological polar surface area (TPSA) is 43.8 Å². The molecule has 0 amide bonds. The Morgan fingerprint density at radius 3 is 3.00 bits per heavy atom. The molecule has 0 aliphatic heterocycles. The summed E-state index contributed by atoms with van der Waals surface area (Å²) < 4.78 is 2.02. The molecular formula is C10H19N3. The van der Waals surface area contributed by atoms with E-state index in [1.165, 1.54) is 18.4 Å². The van der Waals surface area contributed by atoms with Gasteiger partial charge >= 0.3 is 0 Å². The minimum absolute atomic E-state index is 0.764. The highest BCUT2D eigenvalue weighted by atomic mass is 15.3. The lowest BCUT2D eigenvalue weighted by Crippen LogP contribution is -2.00. The number of hydrogen-bond donors (Lipinski definition) is 1. The molecular weight excluding hydrogens is 162 g/mol. The maximum atomic E-state index is 5.44. The summed E-state index contributed by atoms with van der Waals surface area (Å²) in [5, 5.41) is 4.28. The fourth-order valence-electron chi connectivity index (χ4n) is 1.28. The fraction of sp³-hybridized carbons (Fsp3) is 0.700. The Bertz CT molecular complexity index is 207. The van der Waals surface area contributed by atoms with Crippen LogP contribution in [0.25, 0.3) is 0 Å². The van der Waals surface area contributed by atoms with Crippen LogP contribution < -0.4 is 5.73 Å². The zero-order valence-electron chi connectivity index (χ0n) is 8.37. The third-order valence-corrected chi connectivity index (χ3v) is 2.10. The molecule has 0 saturated heterocycles. The summed E-state index contributed by atoms with van der Waals surface area (Å²) >= 11 is 0. The molecule has 2 N–H and O–H groups in total. The second kappa shape index (κ2) is 5.75. The first-order chi connectivity index (χ1) is 6.36. The van der Waals surface area contributed by atoms with Crippen molar-refractivity contribution in [1.29, 1.82) is 0 Å². The van der Waals surface area contributed by atoms with Gasteiger partial charge < -0.3 is 5.73 Å². The van der Waals surface area contributed by atoms with E-state index in [0.29, 0.717) is 0 Å². The molecule has 74 valence electrons. The van der Waals surface area contributed by atoms with E-state index in [-0.39, 0.29) is 0 Å². The van der Waals surface area contributed by atoms with E-state index in [2.05, 4.69) is 18.2 Å². The van der Waals surface area contributed by atoms with Crippen LogP contribution in [0.15, 0.2) is 12.4 Å². The molecule has 0 fully saturated rings. The van der Waals surface area contributed by atoms with Gasteiger partial charge in [-0.3, -0.25) is 4.68 Å². The molecule has 3 nitrogen and oxygen atoms in total. The van der Waals surface area contributed by atoms with Crippen molar-refractivity contribution in [3.8, 4) is 0 Å². The number of nitrogens with two attached hydrogens (primary N) is 1. The molecule has 0 atom stereocenters. The van der Waals surface area contributed by atoms with Crippen molar-refractivity contribution < 1.29 is 0 Å². The molecule has 1 aromatic heterocycles. The van der Waals surface area contributed by atoms with Gasteiger partial charge in [0.05, 0.1) is 6.20 Å². The highest BCUT2D eigenvalue weighted by molar-refractivity contribution is 5.03. The summed E-state index contributed by atoms with van der Waals surface area (Å²) in [6.07, 6.45) is 8.62. The van der Waals surface area contributed by atoms with Crippen LogP contribution in [0.2, 0.25) is 0 Å². The molecule has 0 saturated carbocycles. The van der Waals surface area contributed by atoms with E-state index in [4.69, 9.17) is 5.73 Å². The second-order valence-corrected chi connectivity index (χ2v) is 3.36. The third-order valence-electron chi connectivity index (χ3n) is 2.10. The first kappa shape index (κ1) is 10.3. The normalized spacial score (nSPS) is 10.6. The van der Waals surface area contributed by atoms with Gasteiger partial charge in [-0.05, 0) is 31.4 Å². The summed E-state index contributed by atoms with van der Waals surface area (Å²) in [7, 11) is 0. The number of aromatic nitrogens is 2. The van der Waals surface area contributed by atoms with Gasteiger partial charge in [-0.2, -0.15) is 5.10 Å². The monoisotopic (exact) mass is 181 g/mol. The van der Waals surface area contributed by atoms with Crippen molar-refractivity contribution in [2.75, 3.05) is 6.54 Å². The minimum atomic E-state index is 0.764. The van der Waals surface area contributed by atoms with Gasteiger partial charge in [0.2, 0.25) is 0 Å². The molecule has 13 heavy (non-hydrogen) atoms. The van der Waals surface area contributed by atoms with E-state index >= 15 is 0 Å². The molecule has 1 heterocycles. The van der Waals surface area contributed by atoms with Gasteiger partial charge in [0.25, 0.3) is 0 Å². The molecule has 0 aromatic carbocycles. The zero-order valence-corrected chi connectivity index (χ0v) is 8.37. The predicted octanol–water partition coefficient (Wildman–Crippen LogP) is 1.57. The van der Waals surface area contributed by atoms with Crippen molar-refractivity contribution >= 4 is 0 Å². The van der Waals surface area contributed by atoms with Gasteiger partial charge in [0, 0.05) is 12.7 Å². The van der Waals surface area contributed by atoms with E-state index < -0.39 is 0 Å². The lowest BCUT2D eigenvalue weighted by atomic mass is 10.2. The largest absolute Gasteiger partial charge is 0.330 e. The van der Waals surface area contributed by atoms with Crippen molar-refractivity contribution in [2.45, 2.75) is 39.2 Å².